The monoisotopic (exact) mass is 659 g/mol. The van der Waals surface area contributed by atoms with Crippen molar-refractivity contribution in [1.29, 1.82) is 0 Å². The van der Waals surface area contributed by atoms with Crippen LogP contribution in [0.3, 0.4) is 0 Å². The predicted molar refractivity (Wildman–Crippen MR) is 143 cm³/mol. The van der Waals surface area contributed by atoms with Crippen molar-refractivity contribution in [1.82, 2.24) is 19.5 Å². The number of imidazole rings is 1. The van der Waals surface area contributed by atoms with Gasteiger partial charge in [0.15, 0.2) is 23.6 Å². The lowest BCUT2D eigenvalue weighted by molar-refractivity contribution is -0.252. The number of anilines is 1. The molecule has 3 N–H and O–H groups in total. The lowest BCUT2D eigenvalue weighted by Crippen LogP contribution is -2.43. The van der Waals surface area contributed by atoms with Crippen molar-refractivity contribution in [2.75, 3.05) is 39.1 Å². The van der Waals surface area contributed by atoms with Crippen molar-refractivity contribution in [3.63, 3.8) is 0 Å². The van der Waals surface area contributed by atoms with E-state index in [1.165, 1.54) is 27.7 Å². The zero-order valence-corrected chi connectivity index (χ0v) is 25.7. The molecule has 0 fully saturated rings. The van der Waals surface area contributed by atoms with Crippen LogP contribution in [-0.4, -0.2) is 94.6 Å². The molecule has 0 saturated carbocycles. The summed E-state index contributed by atoms with van der Waals surface area (Å²) in [5.74, 6) is -3.70. The van der Waals surface area contributed by atoms with Gasteiger partial charge in [0.05, 0.1) is 31.7 Å². The van der Waals surface area contributed by atoms with E-state index in [1.807, 2.05) is 0 Å². The molecular formula is C23H36F2N5O13P. The summed E-state index contributed by atoms with van der Waals surface area (Å²) in [6.07, 6.45) is -6.69. The molecule has 2 rings (SSSR count). The summed E-state index contributed by atoms with van der Waals surface area (Å²) in [5.41, 5.74) is 5.75. The van der Waals surface area contributed by atoms with Crippen molar-refractivity contribution < 1.29 is 70.0 Å². The molecule has 21 heteroatoms. The van der Waals surface area contributed by atoms with Crippen LogP contribution >= 0.6 is 7.82 Å². The highest BCUT2D eigenvalue weighted by atomic mass is 31.2. The number of alkyl halides is 2. The number of phosphoric ester groups is 1. The standard InChI is InChI=1S/C23H36F2N5O13P/c1-7-35-19-17-18(28-20(26)29-19)30(10-27-17)16(8-31)43-23(25,15(6)24)9-38-44(34,39-11-36-21(32)41-13(2)3)40-12-37-22(33)42-14(4)5/h10,13-16,31H,7-9,11-12H2,1-6H3,(H2,26,28,29)/t15-,16+,23+/m0/s1. The SMILES string of the molecule is CCOc1nc(N)nc2c1ncn2[C@@H](CO)O[C@](F)(COP(=O)(OCOC(=O)OC(C)C)OCOC(=O)OC(C)C)[C@H](C)F. The number of aliphatic hydroxyl groups is 1. The minimum absolute atomic E-state index is 0.00614. The molecule has 0 spiro atoms. The zero-order chi connectivity index (χ0) is 33.1. The third-order valence-electron chi connectivity index (χ3n) is 4.94. The molecule has 2 aromatic heterocycles. The second kappa shape index (κ2) is 16.6. The Balaban J connectivity index is 2.25. The number of nitrogens with two attached hydrogens (primary N) is 1. The fraction of sp³-hybridized carbons (Fsp3) is 0.696. The summed E-state index contributed by atoms with van der Waals surface area (Å²) in [6.45, 7) is 4.09. The molecule has 0 aromatic carbocycles. The number of aromatic nitrogens is 4. The molecule has 0 saturated heterocycles. The van der Waals surface area contributed by atoms with E-state index in [-0.39, 0.29) is 29.6 Å². The first kappa shape index (κ1) is 36.8. The number of nitrogen functional groups attached to an aromatic ring is 1. The molecule has 0 radical (unpaired) electrons. The summed E-state index contributed by atoms with van der Waals surface area (Å²) in [6, 6.07) is 0. The van der Waals surface area contributed by atoms with Crippen LogP contribution in [0.15, 0.2) is 6.33 Å². The van der Waals surface area contributed by atoms with Crippen LogP contribution in [-0.2, 0) is 41.8 Å². The number of hydrogen-bond acceptors (Lipinski definition) is 17. The molecule has 0 aliphatic heterocycles. The van der Waals surface area contributed by atoms with Crippen molar-refractivity contribution in [3.05, 3.63) is 6.33 Å². The fourth-order valence-corrected chi connectivity index (χ4v) is 3.94. The number of carbonyl (C=O) groups excluding carboxylic acids is 2. The van der Waals surface area contributed by atoms with Crippen molar-refractivity contribution in [3.8, 4) is 5.88 Å². The van der Waals surface area contributed by atoms with Crippen molar-refractivity contribution >= 4 is 37.2 Å². The van der Waals surface area contributed by atoms with Gasteiger partial charge in [-0.05, 0) is 41.5 Å². The Morgan fingerprint density at radius 1 is 1.05 bits per heavy atom. The molecular weight excluding hydrogens is 623 g/mol. The van der Waals surface area contributed by atoms with Crippen LogP contribution in [0.4, 0.5) is 24.3 Å². The molecule has 0 unspecified atom stereocenters. The first-order valence-electron chi connectivity index (χ1n) is 13.1. The normalized spacial score (nSPS) is 14.7. The van der Waals surface area contributed by atoms with Crippen LogP contribution in [0.1, 0.15) is 47.8 Å². The van der Waals surface area contributed by atoms with Crippen molar-refractivity contribution in [2.45, 2.75) is 72.0 Å². The highest BCUT2D eigenvalue weighted by Crippen LogP contribution is 2.51. The number of nitrogens with zero attached hydrogens (tertiary/aromatic N) is 4. The van der Waals surface area contributed by atoms with Gasteiger partial charge in [0.25, 0.3) is 5.85 Å². The molecule has 0 aliphatic carbocycles. The summed E-state index contributed by atoms with van der Waals surface area (Å²) in [5, 5.41) is 10.00. The van der Waals surface area contributed by atoms with Gasteiger partial charge in [-0.25, -0.2) is 37.0 Å². The number of ether oxygens (including phenoxy) is 6. The second-order valence-corrected chi connectivity index (χ2v) is 10.8. The third kappa shape index (κ3) is 10.9. The average Bonchev–Trinajstić information content (AvgIpc) is 3.33. The molecule has 2 heterocycles. The minimum Gasteiger partial charge on any atom is -0.476 e. The lowest BCUT2D eigenvalue weighted by atomic mass is 10.2. The average molecular weight is 660 g/mol. The Bertz CT molecular complexity index is 1250. The van der Waals surface area contributed by atoms with Gasteiger partial charge < -0.3 is 39.3 Å². The number of aliphatic hydroxyl groups excluding tert-OH is 1. The molecule has 250 valence electrons. The Morgan fingerprint density at radius 2 is 1.61 bits per heavy atom. The number of halogens is 2. The molecule has 3 atom stereocenters. The maximum atomic E-state index is 15.9. The summed E-state index contributed by atoms with van der Waals surface area (Å²) >= 11 is 0. The topological polar surface area (TPSA) is 224 Å². The van der Waals surface area contributed by atoms with Gasteiger partial charge in [-0.1, -0.05) is 0 Å². The Kier molecular flexibility index (Phi) is 13.9. The fourth-order valence-electron chi connectivity index (χ4n) is 3.02. The van der Waals surface area contributed by atoms with Crippen molar-refractivity contribution in [2.24, 2.45) is 0 Å². The van der Waals surface area contributed by atoms with Gasteiger partial charge in [0.2, 0.25) is 25.4 Å². The Labute approximate surface area is 250 Å². The maximum absolute atomic E-state index is 15.9. The van der Waals surface area contributed by atoms with Crippen LogP contribution in [0.2, 0.25) is 0 Å². The van der Waals surface area contributed by atoms with E-state index in [9.17, 15) is 23.7 Å². The quantitative estimate of drug-likeness (QED) is 0.133. The van der Waals surface area contributed by atoms with Crippen LogP contribution in [0.25, 0.3) is 11.2 Å². The minimum atomic E-state index is -5.00. The van der Waals surface area contributed by atoms with Gasteiger partial charge >= 0.3 is 20.1 Å². The predicted octanol–water partition coefficient (Wildman–Crippen LogP) is 3.53. The summed E-state index contributed by atoms with van der Waals surface area (Å²) < 4.78 is 88.7. The van der Waals surface area contributed by atoms with Gasteiger partial charge in [0.1, 0.15) is 6.61 Å². The molecule has 18 nitrogen and oxygen atoms in total. The number of rotatable bonds is 18. The van der Waals surface area contributed by atoms with E-state index in [1.54, 1.807) is 6.92 Å². The van der Waals surface area contributed by atoms with Crippen LogP contribution < -0.4 is 10.5 Å². The number of carbonyl (C=O) groups is 2. The van der Waals surface area contributed by atoms with Gasteiger partial charge in [-0.2, -0.15) is 9.97 Å². The molecule has 0 aliphatic rings. The van der Waals surface area contributed by atoms with Gasteiger partial charge in [-0.15, -0.1) is 0 Å². The number of hydrogen-bond donors (Lipinski definition) is 2. The van der Waals surface area contributed by atoms with E-state index in [0.717, 1.165) is 17.8 Å². The zero-order valence-electron chi connectivity index (χ0n) is 24.8. The van der Waals surface area contributed by atoms with Crippen LogP contribution in [0.5, 0.6) is 5.88 Å². The first-order valence-corrected chi connectivity index (χ1v) is 14.5. The molecule has 0 amide bonds. The smallest absolute Gasteiger partial charge is 0.476 e. The molecule has 2 aromatic rings. The summed E-state index contributed by atoms with van der Waals surface area (Å²) in [7, 11) is -5.00. The Morgan fingerprint density at radius 3 is 2.09 bits per heavy atom. The van der Waals surface area contributed by atoms with Gasteiger partial charge in [-0.3, -0.25) is 9.09 Å². The maximum Gasteiger partial charge on any atom is 0.510 e. The van der Waals surface area contributed by atoms with E-state index in [0.29, 0.717) is 0 Å². The Hall–Kier alpha value is -3.42. The lowest BCUT2D eigenvalue weighted by Gasteiger charge is -2.32. The molecule has 44 heavy (non-hydrogen) atoms. The first-order chi connectivity index (χ1) is 20.6. The highest BCUT2D eigenvalue weighted by Gasteiger charge is 2.45. The highest BCUT2D eigenvalue weighted by molar-refractivity contribution is 7.48. The third-order valence-corrected chi connectivity index (χ3v) is 6.23. The van der Waals surface area contributed by atoms with E-state index < -0.39 is 77.4 Å². The number of fused-ring (bicyclic) bond motifs is 1. The van der Waals surface area contributed by atoms with E-state index in [4.69, 9.17) is 38.3 Å². The largest absolute Gasteiger partial charge is 0.510 e. The van der Waals surface area contributed by atoms with E-state index in [2.05, 4.69) is 24.4 Å². The number of phosphoric acid groups is 1. The van der Waals surface area contributed by atoms with Gasteiger partial charge in [0, 0.05) is 0 Å². The second-order valence-electron chi connectivity index (χ2n) is 9.14. The summed E-state index contributed by atoms with van der Waals surface area (Å²) in [4.78, 5) is 35.2. The molecule has 0 bridgehead atoms. The van der Waals surface area contributed by atoms with E-state index >= 15 is 4.39 Å². The van der Waals surface area contributed by atoms with Crippen LogP contribution in [0, 0.1) is 0 Å².